The van der Waals surface area contributed by atoms with Gasteiger partial charge in [-0.3, -0.25) is 9.78 Å². The molecule has 92 valence electrons. The van der Waals surface area contributed by atoms with Crippen LogP contribution in [-0.4, -0.2) is 22.0 Å². The molecule has 1 N–H and O–H groups in total. The third-order valence-corrected chi connectivity index (χ3v) is 3.49. The summed E-state index contributed by atoms with van der Waals surface area (Å²) in [7, 11) is 0. The summed E-state index contributed by atoms with van der Waals surface area (Å²) in [6, 6.07) is 6.33. The molecule has 1 aliphatic carbocycles. The molecule has 2 aromatic rings. The van der Waals surface area contributed by atoms with Crippen molar-refractivity contribution in [2.45, 2.75) is 17.8 Å². The molecule has 1 fully saturated rings. The van der Waals surface area contributed by atoms with Crippen LogP contribution in [0.15, 0.2) is 36.7 Å². The smallest absolute Gasteiger partial charge is 0.320 e. The van der Waals surface area contributed by atoms with Crippen molar-refractivity contribution in [3.05, 3.63) is 42.2 Å². The molecule has 3 nitrogen and oxygen atoms in total. The molecule has 1 unspecified atom stereocenters. The molecular formula is C13H9F2NO2. The number of carboxylic acid groups (broad SMARTS) is 1. The van der Waals surface area contributed by atoms with E-state index in [0.29, 0.717) is 10.8 Å². The summed E-state index contributed by atoms with van der Waals surface area (Å²) in [5.74, 6) is -4.66. The third-order valence-electron chi connectivity index (χ3n) is 3.49. The van der Waals surface area contributed by atoms with Crippen LogP contribution in [0, 0.1) is 0 Å². The Hall–Kier alpha value is -2.04. The summed E-state index contributed by atoms with van der Waals surface area (Å²) >= 11 is 0. The summed E-state index contributed by atoms with van der Waals surface area (Å²) in [4.78, 5) is 15.2. The molecule has 1 aliphatic rings. The van der Waals surface area contributed by atoms with Crippen LogP contribution in [0.3, 0.4) is 0 Å². The van der Waals surface area contributed by atoms with Crippen molar-refractivity contribution in [3.8, 4) is 0 Å². The normalized spacial score (nSPS) is 25.0. The largest absolute Gasteiger partial charge is 0.480 e. The van der Waals surface area contributed by atoms with Crippen LogP contribution < -0.4 is 0 Å². The van der Waals surface area contributed by atoms with Gasteiger partial charge in [-0.15, -0.1) is 0 Å². The van der Waals surface area contributed by atoms with Gasteiger partial charge in [-0.05, 0) is 17.0 Å². The van der Waals surface area contributed by atoms with Crippen molar-refractivity contribution < 1.29 is 18.7 Å². The van der Waals surface area contributed by atoms with E-state index in [1.165, 1.54) is 18.5 Å². The SMILES string of the molecule is O=C(O)C1(c2cccc3cnccc23)CC1(F)F. The first kappa shape index (κ1) is 11.1. The first-order valence-electron chi connectivity index (χ1n) is 5.43. The van der Waals surface area contributed by atoms with E-state index in [1.54, 1.807) is 18.2 Å². The summed E-state index contributed by atoms with van der Waals surface area (Å²) in [5.41, 5.74) is -1.91. The highest BCUT2D eigenvalue weighted by molar-refractivity contribution is 5.96. The molecular weight excluding hydrogens is 240 g/mol. The van der Waals surface area contributed by atoms with E-state index in [2.05, 4.69) is 4.98 Å². The fraction of sp³-hybridized carbons (Fsp3) is 0.231. The highest BCUT2D eigenvalue weighted by Gasteiger charge is 2.77. The van der Waals surface area contributed by atoms with Gasteiger partial charge in [-0.2, -0.15) is 0 Å². The number of pyridine rings is 1. The molecule has 0 saturated heterocycles. The standard InChI is InChI=1S/C13H9F2NO2/c14-13(15)7-12(13,11(17)18)10-3-1-2-8-6-16-5-4-9(8)10/h1-6H,7H2,(H,17,18). The molecule has 0 spiro atoms. The molecule has 0 amide bonds. The highest BCUT2D eigenvalue weighted by atomic mass is 19.3. The van der Waals surface area contributed by atoms with Crippen LogP contribution in [-0.2, 0) is 10.2 Å². The highest BCUT2D eigenvalue weighted by Crippen LogP contribution is 2.62. The lowest BCUT2D eigenvalue weighted by atomic mass is 9.91. The Morgan fingerprint density at radius 1 is 1.33 bits per heavy atom. The van der Waals surface area contributed by atoms with Gasteiger partial charge in [0, 0.05) is 24.2 Å². The molecule has 1 saturated carbocycles. The number of halogens is 2. The maximum absolute atomic E-state index is 13.5. The van der Waals surface area contributed by atoms with E-state index < -0.39 is 23.7 Å². The van der Waals surface area contributed by atoms with Crippen molar-refractivity contribution in [2.75, 3.05) is 0 Å². The van der Waals surface area contributed by atoms with E-state index in [9.17, 15) is 13.6 Å². The summed E-state index contributed by atoms with van der Waals surface area (Å²) in [6.07, 6.45) is 2.37. The molecule has 0 aliphatic heterocycles. The van der Waals surface area contributed by atoms with Gasteiger partial charge >= 0.3 is 5.97 Å². The number of rotatable bonds is 2. The van der Waals surface area contributed by atoms with Gasteiger partial charge in [0.05, 0.1) is 0 Å². The van der Waals surface area contributed by atoms with Crippen molar-refractivity contribution in [1.29, 1.82) is 0 Å². The van der Waals surface area contributed by atoms with Gasteiger partial charge < -0.3 is 5.11 Å². The van der Waals surface area contributed by atoms with Crippen molar-refractivity contribution in [2.24, 2.45) is 0 Å². The predicted octanol–water partition coefficient (Wildman–Crippen LogP) is 2.60. The minimum Gasteiger partial charge on any atom is -0.480 e. The topological polar surface area (TPSA) is 50.2 Å². The molecule has 3 rings (SSSR count). The van der Waals surface area contributed by atoms with Crippen molar-refractivity contribution >= 4 is 16.7 Å². The predicted molar refractivity (Wildman–Crippen MR) is 60.6 cm³/mol. The number of aliphatic carboxylic acids is 1. The van der Waals surface area contributed by atoms with Gasteiger partial charge in [0.25, 0.3) is 5.92 Å². The molecule has 0 bridgehead atoms. The Morgan fingerprint density at radius 3 is 2.67 bits per heavy atom. The number of fused-ring (bicyclic) bond motifs is 1. The first-order chi connectivity index (χ1) is 8.49. The van der Waals surface area contributed by atoms with Crippen LogP contribution in [0.25, 0.3) is 10.8 Å². The van der Waals surface area contributed by atoms with E-state index in [0.717, 1.165) is 0 Å². The number of hydrogen-bond acceptors (Lipinski definition) is 2. The summed E-state index contributed by atoms with van der Waals surface area (Å²) < 4.78 is 27.0. The average molecular weight is 249 g/mol. The monoisotopic (exact) mass is 249 g/mol. The zero-order chi connectivity index (χ0) is 13.0. The Labute approximate surface area is 101 Å². The second-order valence-electron chi connectivity index (χ2n) is 4.49. The fourth-order valence-electron chi connectivity index (χ4n) is 2.42. The Morgan fingerprint density at radius 2 is 2.06 bits per heavy atom. The number of hydrogen-bond donors (Lipinski definition) is 1. The van der Waals surface area contributed by atoms with E-state index in [-0.39, 0.29) is 5.56 Å². The first-order valence-corrected chi connectivity index (χ1v) is 5.43. The quantitative estimate of drug-likeness (QED) is 0.890. The molecule has 1 aromatic heterocycles. The van der Waals surface area contributed by atoms with Crippen LogP contribution in [0.2, 0.25) is 0 Å². The molecule has 1 atom stereocenters. The lowest BCUT2D eigenvalue weighted by Gasteiger charge is -2.14. The Kier molecular flexibility index (Phi) is 2.00. The van der Waals surface area contributed by atoms with Gasteiger partial charge in [-0.25, -0.2) is 8.78 Å². The fourth-order valence-corrected chi connectivity index (χ4v) is 2.42. The van der Waals surface area contributed by atoms with Crippen molar-refractivity contribution in [1.82, 2.24) is 4.98 Å². The van der Waals surface area contributed by atoms with E-state index in [4.69, 9.17) is 5.11 Å². The summed E-state index contributed by atoms with van der Waals surface area (Å²) in [5, 5.41) is 10.3. The van der Waals surface area contributed by atoms with E-state index in [1.807, 2.05) is 0 Å². The lowest BCUT2D eigenvalue weighted by molar-refractivity contribution is -0.142. The zero-order valence-electron chi connectivity index (χ0n) is 9.23. The average Bonchev–Trinajstić information content (AvgIpc) is 2.93. The molecule has 1 heterocycles. The Balaban J connectivity index is 2.30. The number of nitrogens with zero attached hydrogens (tertiary/aromatic N) is 1. The lowest BCUT2D eigenvalue weighted by Crippen LogP contribution is -2.27. The molecule has 0 radical (unpaired) electrons. The number of carbonyl (C=O) groups is 1. The van der Waals surface area contributed by atoms with Gasteiger partial charge in [0.15, 0.2) is 5.41 Å². The van der Waals surface area contributed by atoms with Crippen LogP contribution >= 0.6 is 0 Å². The number of aromatic nitrogens is 1. The van der Waals surface area contributed by atoms with E-state index >= 15 is 0 Å². The zero-order valence-corrected chi connectivity index (χ0v) is 9.23. The molecule has 18 heavy (non-hydrogen) atoms. The minimum absolute atomic E-state index is 0.167. The third kappa shape index (κ3) is 1.21. The maximum atomic E-state index is 13.5. The van der Waals surface area contributed by atoms with Gasteiger partial charge in [-0.1, -0.05) is 18.2 Å². The Bertz CT molecular complexity index is 651. The summed E-state index contributed by atoms with van der Waals surface area (Å²) in [6.45, 7) is 0. The maximum Gasteiger partial charge on any atom is 0.320 e. The second-order valence-corrected chi connectivity index (χ2v) is 4.49. The number of benzene rings is 1. The molecule has 5 heteroatoms. The van der Waals surface area contributed by atoms with Gasteiger partial charge in [0.2, 0.25) is 0 Å². The van der Waals surface area contributed by atoms with Gasteiger partial charge in [0.1, 0.15) is 0 Å². The number of carboxylic acids is 1. The minimum atomic E-state index is -3.18. The second kappa shape index (κ2) is 3.25. The van der Waals surface area contributed by atoms with Crippen LogP contribution in [0.5, 0.6) is 0 Å². The number of alkyl halides is 2. The van der Waals surface area contributed by atoms with Crippen molar-refractivity contribution in [3.63, 3.8) is 0 Å². The van der Waals surface area contributed by atoms with Crippen LogP contribution in [0.4, 0.5) is 8.78 Å². The molecule has 1 aromatic carbocycles. The van der Waals surface area contributed by atoms with Crippen LogP contribution in [0.1, 0.15) is 12.0 Å².